The van der Waals surface area contributed by atoms with Crippen molar-refractivity contribution in [1.29, 1.82) is 0 Å². The maximum Gasteiger partial charge on any atom is 0.261 e. The molecule has 22 heavy (non-hydrogen) atoms. The summed E-state index contributed by atoms with van der Waals surface area (Å²) >= 11 is 0. The molecule has 0 atom stereocenters. The Hall–Kier alpha value is -2.82. The average molecular weight is 294 g/mol. The standard InChI is InChI=1S/C17H18N4O/c1-12-8-13(2)10-14(9-12)19-16(22)15-11-18-20(3)17(15)21-6-4-5-7-21/h4-11H,1-3H3,(H,19,22). The number of benzene rings is 1. The van der Waals surface area contributed by atoms with Gasteiger partial charge in [0.25, 0.3) is 5.91 Å². The second-order valence-corrected chi connectivity index (χ2v) is 5.43. The van der Waals surface area contributed by atoms with Crippen LogP contribution in [0.4, 0.5) is 5.69 Å². The summed E-state index contributed by atoms with van der Waals surface area (Å²) in [7, 11) is 1.82. The maximum absolute atomic E-state index is 12.6. The number of aryl methyl sites for hydroxylation is 3. The fourth-order valence-corrected chi connectivity index (χ4v) is 2.62. The van der Waals surface area contributed by atoms with Crippen LogP contribution in [0.25, 0.3) is 5.82 Å². The first-order valence-electron chi connectivity index (χ1n) is 7.09. The predicted molar refractivity (Wildman–Crippen MR) is 86.4 cm³/mol. The van der Waals surface area contributed by atoms with Crippen LogP contribution in [0.3, 0.4) is 0 Å². The maximum atomic E-state index is 12.6. The van der Waals surface area contributed by atoms with Crippen LogP contribution in [0.1, 0.15) is 21.5 Å². The molecular formula is C17H18N4O. The largest absolute Gasteiger partial charge is 0.322 e. The molecule has 2 heterocycles. The molecule has 0 aliphatic carbocycles. The Morgan fingerprint density at radius 2 is 1.73 bits per heavy atom. The van der Waals surface area contributed by atoms with Gasteiger partial charge in [-0.15, -0.1) is 0 Å². The van der Waals surface area contributed by atoms with Crippen molar-refractivity contribution in [3.63, 3.8) is 0 Å². The molecule has 0 aliphatic rings. The molecule has 0 bridgehead atoms. The molecule has 3 aromatic rings. The van der Waals surface area contributed by atoms with Crippen molar-refractivity contribution < 1.29 is 4.79 Å². The van der Waals surface area contributed by atoms with Crippen molar-refractivity contribution in [3.8, 4) is 5.82 Å². The van der Waals surface area contributed by atoms with Gasteiger partial charge in [0, 0.05) is 25.1 Å². The average Bonchev–Trinajstić information content (AvgIpc) is 3.05. The number of rotatable bonds is 3. The normalized spacial score (nSPS) is 10.7. The fourth-order valence-electron chi connectivity index (χ4n) is 2.62. The second-order valence-electron chi connectivity index (χ2n) is 5.43. The van der Waals surface area contributed by atoms with E-state index in [1.54, 1.807) is 10.9 Å². The zero-order valence-electron chi connectivity index (χ0n) is 12.9. The van der Waals surface area contributed by atoms with E-state index in [1.165, 1.54) is 0 Å². The Balaban J connectivity index is 1.93. The van der Waals surface area contributed by atoms with E-state index in [0.717, 1.165) is 22.6 Å². The SMILES string of the molecule is Cc1cc(C)cc(NC(=O)c2cnn(C)c2-n2cccc2)c1. The summed E-state index contributed by atoms with van der Waals surface area (Å²) < 4.78 is 3.57. The molecule has 5 nitrogen and oxygen atoms in total. The molecule has 1 amide bonds. The Bertz CT molecular complexity index is 795. The molecule has 1 aromatic carbocycles. The number of hydrogen-bond donors (Lipinski definition) is 1. The van der Waals surface area contributed by atoms with Crippen LogP contribution >= 0.6 is 0 Å². The third kappa shape index (κ3) is 2.65. The van der Waals surface area contributed by atoms with Crippen molar-refractivity contribution in [3.05, 3.63) is 65.6 Å². The lowest BCUT2D eigenvalue weighted by atomic mass is 10.1. The lowest BCUT2D eigenvalue weighted by Crippen LogP contribution is -2.15. The summed E-state index contributed by atoms with van der Waals surface area (Å²) in [6, 6.07) is 9.81. The van der Waals surface area contributed by atoms with Gasteiger partial charge in [0.2, 0.25) is 0 Å². The molecule has 0 fully saturated rings. The Kier molecular flexibility index (Phi) is 3.55. The number of nitrogens with one attached hydrogen (secondary N) is 1. The Morgan fingerprint density at radius 3 is 2.36 bits per heavy atom. The smallest absolute Gasteiger partial charge is 0.261 e. The number of carbonyl (C=O) groups is 1. The van der Waals surface area contributed by atoms with Gasteiger partial charge in [-0.05, 0) is 49.2 Å². The number of nitrogens with zero attached hydrogens (tertiary/aromatic N) is 3. The van der Waals surface area contributed by atoms with Crippen molar-refractivity contribution in [2.45, 2.75) is 13.8 Å². The molecule has 3 rings (SSSR count). The number of amides is 1. The van der Waals surface area contributed by atoms with E-state index in [0.29, 0.717) is 5.56 Å². The van der Waals surface area contributed by atoms with Gasteiger partial charge in [0.15, 0.2) is 0 Å². The zero-order chi connectivity index (χ0) is 15.7. The van der Waals surface area contributed by atoms with E-state index >= 15 is 0 Å². The van der Waals surface area contributed by atoms with E-state index in [-0.39, 0.29) is 5.91 Å². The Labute approximate surface area is 129 Å². The quantitative estimate of drug-likeness (QED) is 0.807. The van der Waals surface area contributed by atoms with Crippen LogP contribution < -0.4 is 5.32 Å². The van der Waals surface area contributed by atoms with E-state index in [2.05, 4.69) is 16.5 Å². The molecule has 0 unspecified atom stereocenters. The second kappa shape index (κ2) is 5.52. The topological polar surface area (TPSA) is 51.9 Å². The molecule has 2 aromatic heterocycles. The molecule has 0 spiro atoms. The van der Waals surface area contributed by atoms with Crippen LogP contribution in [0.15, 0.2) is 48.9 Å². The lowest BCUT2D eigenvalue weighted by molar-refractivity contribution is 0.102. The third-order valence-corrected chi connectivity index (χ3v) is 3.48. The summed E-state index contributed by atoms with van der Waals surface area (Å²) in [6.07, 6.45) is 5.38. The first-order chi connectivity index (χ1) is 10.5. The van der Waals surface area contributed by atoms with Gasteiger partial charge >= 0.3 is 0 Å². The van der Waals surface area contributed by atoms with Crippen molar-refractivity contribution in [2.24, 2.45) is 7.05 Å². The van der Waals surface area contributed by atoms with E-state index in [1.807, 2.05) is 62.1 Å². The van der Waals surface area contributed by atoms with Gasteiger partial charge in [-0.3, -0.25) is 9.48 Å². The summed E-state index contributed by atoms with van der Waals surface area (Å²) in [4.78, 5) is 12.6. The molecular weight excluding hydrogens is 276 g/mol. The summed E-state index contributed by atoms with van der Waals surface area (Å²) in [5, 5.41) is 7.16. The van der Waals surface area contributed by atoms with Gasteiger partial charge in [-0.2, -0.15) is 5.10 Å². The molecule has 1 N–H and O–H groups in total. The summed E-state index contributed by atoms with van der Waals surface area (Å²) in [5.74, 6) is 0.577. The van der Waals surface area contributed by atoms with Crippen LogP contribution in [-0.2, 0) is 7.05 Å². The van der Waals surface area contributed by atoms with Gasteiger partial charge in [0.05, 0.1) is 6.20 Å². The monoisotopic (exact) mass is 294 g/mol. The molecule has 0 saturated heterocycles. The van der Waals surface area contributed by atoms with Gasteiger partial charge in [-0.1, -0.05) is 6.07 Å². The van der Waals surface area contributed by atoms with Crippen molar-refractivity contribution >= 4 is 11.6 Å². The highest BCUT2D eigenvalue weighted by Gasteiger charge is 2.17. The minimum atomic E-state index is -0.165. The third-order valence-electron chi connectivity index (χ3n) is 3.48. The molecule has 0 aliphatic heterocycles. The van der Waals surface area contributed by atoms with Gasteiger partial charge in [-0.25, -0.2) is 0 Å². The lowest BCUT2D eigenvalue weighted by Gasteiger charge is -2.09. The first kappa shape index (κ1) is 14.1. The molecule has 0 radical (unpaired) electrons. The van der Waals surface area contributed by atoms with Crippen LogP contribution in [0.5, 0.6) is 0 Å². The highest BCUT2D eigenvalue weighted by atomic mass is 16.1. The summed E-state index contributed by atoms with van der Waals surface area (Å²) in [5.41, 5.74) is 3.57. The van der Waals surface area contributed by atoms with Crippen LogP contribution in [-0.4, -0.2) is 20.3 Å². The fraction of sp³-hybridized carbons (Fsp3) is 0.176. The van der Waals surface area contributed by atoms with Gasteiger partial charge in [0.1, 0.15) is 11.4 Å². The van der Waals surface area contributed by atoms with E-state index in [4.69, 9.17) is 0 Å². The van der Waals surface area contributed by atoms with Crippen LogP contribution in [0.2, 0.25) is 0 Å². The van der Waals surface area contributed by atoms with Gasteiger partial charge < -0.3 is 9.88 Å². The number of anilines is 1. The summed E-state index contributed by atoms with van der Waals surface area (Å²) in [6.45, 7) is 4.02. The minimum absolute atomic E-state index is 0.165. The molecule has 112 valence electrons. The predicted octanol–water partition coefficient (Wildman–Crippen LogP) is 3.08. The van der Waals surface area contributed by atoms with Crippen molar-refractivity contribution in [1.82, 2.24) is 14.3 Å². The van der Waals surface area contributed by atoms with E-state index in [9.17, 15) is 4.79 Å². The number of carbonyl (C=O) groups excluding carboxylic acids is 1. The number of hydrogen-bond acceptors (Lipinski definition) is 2. The first-order valence-corrected chi connectivity index (χ1v) is 7.09. The van der Waals surface area contributed by atoms with Crippen molar-refractivity contribution in [2.75, 3.05) is 5.32 Å². The highest BCUT2D eigenvalue weighted by molar-refractivity contribution is 6.06. The molecule has 5 heteroatoms. The Morgan fingerprint density at radius 1 is 1.09 bits per heavy atom. The number of aromatic nitrogens is 3. The zero-order valence-corrected chi connectivity index (χ0v) is 12.9. The van der Waals surface area contributed by atoms with E-state index < -0.39 is 0 Å². The highest BCUT2D eigenvalue weighted by Crippen LogP contribution is 2.18. The molecule has 0 saturated carbocycles. The minimum Gasteiger partial charge on any atom is -0.322 e. The van der Waals surface area contributed by atoms with Crippen LogP contribution in [0, 0.1) is 13.8 Å².